The van der Waals surface area contributed by atoms with Crippen molar-refractivity contribution in [2.24, 2.45) is 0 Å². The van der Waals surface area contributed by atoms with E-state index in [9.17, 15) is 9.59 Å². The van der Waals surface area contributed by atoms with Gasteiger partial charge in [0.25, 0.3) is 0 Å². The number of anilines is 1. The Morgan fingerprint density at radius 2 is 1.77 bits per heavy atom. The Kier molecular flexibility index (Phi) is 7.30. The molecule has 0 radical (unpaired) electrons. The minimum Gasteiger partial charge on any atom is -0.497 e. The minimum atomic E-state index is -0.569. The first kappa shape index (κ1) is 19.1. The number of carbonyl (C=O) groups excluding carboxylic acids is 2. The number of hydrogen-bond donors (Lipinski definition) is 2. The lowest BCUT2D eigenvalue weighted by molar-refractivity contribution is -0.116. The zero-order valence-corrected chi connectivity index (χ0v) is 14.8. The summed E-state index contributed by atoms with van der Waals surface area (Å²) in [6.07, 6.45) is -0.471. The second-order valence-electron chi connectivity index (χ2n) is 5.35. The molecule has 138 valence electrons. The monoisotopic (exact) mass is 358 g/mol. The molecule has 0 aliphatic carbocycles. The highest BCUT2D eigenvalue weighted by molar-refractivity contribution is 5.92. The van der Waals surface area contributed by atoms with Crippen LogP contribution in [0.1, 0.15) is 12.0 Å². The van der Waals surface area contributed by atoms with Crippen molar-refractivity contribution >= 4 is 17.7 Å². The third-order valence-corrected chi connectivity index (χ3v) is 3.51. The average molecular weight is 358 g/mol. The van der Waals surface area contributed by atoms with E-state index in [1.165, 1.54) is 7.11 Å². The molecule has 0 saturated heterocycles. The summed E-state index contributed by atoms with van der Waals surface area (Å²) in [4.78, 5) is 23.7. The normalized spacial score (nSPS) is 9.92. The lowest BCUT2D eigenvalue weighted by Crippen LogP contribution is -2.28. The van der Waals surface area contributed by atoms with Crippen LogP contribution in [0.4, 0.5) is 10.5 Å². The van der Waals surface area contributed by atoms with Gasteiger partial charge in [0.15, 0.2) is 0 Å². The van der Waals surface area contributed by atoms with Crippen molar-refractivity contribution in [3.05, 3.63) is 54.1 Å². The molecule has 0 saturated carbocycles. The second kappa shape index (κ2) is 9.93. The maximum atomic E-state index is 12.0. The summed E-state index contributed by atoms with van der Waals surface area (Å²) in [5.41, 5.74) is 1.40. The summed E-state index contributed by atoms with van der Waals surface area (Å²) < 4.78 is 15.4. The molecule has 0 aliphatic rings. The number of amides is 2. The summed E-state index contributed by atoms with van der Waals surface area (Å²) in [5.74, 6) is 0.859. The van der Waals surface area contributed by atoms with Gasteiger partial charge in [0.2, 0.25) is 5.91 Å². The third kappa shape index (κ3) is 6.01. The van der Waals surface area contributed by atoms with Crippen LogP contribution in [0.5, 0.6) is 11.5 Å². The maximum Gasteiger partial charge on any atom is 0.407 e. The molecular weight excluding hydrogens is 336 g/mol. The Labute approximate surface area is 152 Å². The summed E-state index contributed by atoms with van der Waals surface area (Å²) in [5, 5.41) is 5.27. The van der Waals surface area contributed by atoms with Crippen LogP contribution in [-0.4, -0.2) is 32.8 Å². The molecule has 2 rings (SSSR count). The molecule has 2 aromatic rings. The molecule has 2 amide bonds. The summed E-state index contributed by atoms with van der Waals surface area (Å²) in [6.45, 7) is 0.339. The fourth-order valence-corrected chi connectivity index (χ4v) is 2.18. The Bertz CT molecular complexity index is 734. The first-order chi connectivity index (χ1) is 12.6. The van der Waals surface area contributed by atoms with Crippen molar-refractivity contribution < 1.29 is 23.8 Å². The molecule has 7 heteroatoms. The third-order valence-electron chi connectivity index (χ3n) is 3.51. The highest BCUT2D eigenvalue weighted by atomic mass is 16.5. The highest BCUT2D eigenvalue weighted by Crippen LogP contribution is 2.28. The van der Waals surface area contributed by atoms with Gasteiger partial charge in [0, 0.05) is 19.0 Å². The van der Waals surface area contributed by atoms with Crippen LogP contribution in [0.3, 0.4) is 0 Å². The molecule has 0 bridgehead atoms. The number of nitrogens with one attached hydrogen (secondary N) is 2. The largest absolute Gasteiger partial charge is 0.497 e. The predicted molar refractivity (Wildman–Crippen MR) is 97.4 cm³/mol. The predicted octanol–water partition coefficient (Wildman–Crippen LogP) is 2.96. The van der Waals surface area contributed by atoms with Crippen LogP contribution in [0.15, 0.2) is 48.5 Å². The first-order valence-electron chi connectivity index (χ1n) is 8.09. The van der Waals surface area contributed by atoms with E-state index in [4.69, 9.17) is 14.2 Å². The van der Waals surface area contributed by atoms with E-state index in [1.807, 2.05) is 30.3 Å². The Morgan fingerprint density at radius 1 is 1.00 bits per heavy atom. The van der Waals surface area contributed by atoms with Gasteiger partial charge in [0.1, 0.15) is 18.1 Å². The number of ether oxygens (including phenoxy) is 3. The fourth-order valence-electron chi connectivity index (χ4n) is 2.18. The van der Waals surface area contributed by atoms with E-state index >= 15 is 0 Å². The number of carbonyl (C=O) groups is 2. The molecule has 0 atom stereocenters. The molecule has 0 spiro atoms. The van der Waals surface area contributed by atoms with Crippen LogP contribution >= 0.6 is 0 Å². The van der Waals surface area contributed by atoms with Crippen LogP contribution in [0.2, 0.25) is 0 Å². The Hall–Kier alpha value is -3.22. The second-order valence-corrected chi connectivity index (χ2v) is 5.35. The lowest BCUT2D eigenvalue weighted by Gasteiger charge is -2.12. The summed E-state index contributed by atoms with van der Waals surface area (Å²) in [6, 6.07) is 14.5. The van der Waals surface area contributed by atoms with Crippen molar-refractivity contribution in [1.29, 1.82) is 0 Å². The van der Waals surface area contributed by atoms with Crippen molar-refractivity contribution in [2.45, 2.75) is 13.0 Å². The zero-order valence-electron chi connectivity index (χ0n) is 14.8. The molecule has 2 N–H and O–H groups in total. The standard InChI is InChI=1S/C19H22N2O5/c1-24-15-8-9-17(25-2)16(12-15)21-18(22)10-11-20-19(23)26-13-14-6-4-3-5-7-14/h3-9,12H,10-11,13H2,1-2H3,(H,20,23)(H,21,22). The van der Waals surface area contributed by atoms with Gasteiger partial charge in [-0.15, -0.1) is 0 Å². The van der Waals surface area contributed by atoms with Crippen LogP contribution < -0.4 is 20.1 Å². The van der Waals surface area contributed by atoms with Gasteiger partial charge in [-0.2, -0.15) is 0 Å². The molecule has 0 aliphatic heterocycles. The smallest absolute Gasteiger partial charge is 0.407 e. The van der Waals surface area contributed by atoms with E-state index < -0.39 is 6.09 Å². The fraction of sp³-hybridized carbons (Fsp3) is 0.263. The Morgan fingerprint density at radius 3 is 2.46 bits per heavy atom. The van der Waals surface area contributed by atoms with E-state index in [0.29, 0.717) is 17.2 Å². The summed E-state index contributed by atoms with van der Waals surface area (Å²) >= 11 is 0. The number of rotatable bonds is 8. The van der Waals surface area contributed by atoms with E-state index in [-0.39, 0.29) is 25.5 Å². The molecule has 2 aromatic carbocycles. The van der Waals surface area contributed by atoms with Crippen LogP contribution in [0, 0.1) is 0 Å². The van der Waals surface area contributed by atoms with Crippen molar-refractivity contribution in [2.75, 3.05) is 26.1 Å². The molecule has 26 heavy (non-hydrogen) atoms. The maximum absolute atomic E-state index is 12.0. The molecule has 0 unspecified atom stereocenters. The molecular formula is C19H22N2O5. The van der Waals surface area contributed by atoms with Gasteiger partial charge in [-0.05, 0) is 17.7 Å². The number of alkyl carbamates (subject to hydrolysis) is 1. The van der Waals surface area contributed by atoms with Gasteiger partial charge in [0.05, 0.1) is 19.9 Å². The number of benzene rings is 2. The van der Waals surface area contributed by atoms with E-state index in [2.05, 4.69) is 10.6 Å². The van der Waals surface area contributed by atoms with Gasteiger partial charge < -0.3 is 24.8 Å². The first-order valence-corrected chi connectivity index (χ1v) is 8.09. The molecule has 0 fully saturated rings. The highest BCUT2D eigenvalue weighted by Gasteiger charge is 2.10. The van der Waals surface area contributed by atoms with Crippen LogP contribution in [-0.2, 0) is 16.1 Å². The topological polar surface area (TPSA) is 85.9 Å². The Balaban J connectivity index is 1.74. The van der Waals surface area contributed by atoms with Gasteiger partial charge >= 0.3 is 6.09 Å². The van der Waals surface area contributed by atoms with Gasteiger partial charge in [-0.3, -0.25) is 4.79 Å². The van der Waals surface area contributed by atoms with Crippen molar-refractivity contribution in [3.8, 4) is 11.5 Å². The molecule has 0 heterocycles. The summed E-state index contributed by atoms with van der Waals surface area (Å²) in [7, 11) is 3.06. The number of methoxy groups -OCH3 is 2. The SMILES string of the molecule is COc1ccc(OC)c(NC(=O)CCNC(=O)OCc2ccccc2)c1. The van der Waals surface area contributed by atoms with Gasteiger partial charge in [-0.25, -0.2) is 4.79 Å². The average Bonchev–Trinajstić information content (AvgIpc) is 2.67. The van der Waals surface area contributed by atoms with E-state index in [1.54, 1.807) is 25.3 Å². The number of hydrogen-bond acceptors (Lipinski definition) is 5. The minimum absolute atomic E-state index is 0.0980. The zero-order chi connectivity index (χ0) is 18.8. The molecule has 0 aromatic heterocycles. The van der Waals surface area contributed by atoms with Crippen LogP contribution in [0.25, 0.3) is 0 Å². The van der Waals surface area contributed by atoms with Crippen molar-refractivity contribution in [1.82, 2.24) is 5.32 Å². The van der Waals surface area contributed by atoms with Crippen molar-refractivity contribution in [3.63, 3.8) is 0 Å². The van der Waals surface area contributed by atoms with E-state index in [0.717, 1.165) is 5.56 Å². The van der Waals surface area contributed by atoms with Gasteiger partial charge in [-0.1, -0.05) is 30.3 Å². The molecule has 7 nitrogen and oxygen atoms in total. The quantitative estimate of drug-likeness (QED) is 0.758. The lowest BCUT2D eigenvalue weighted by atomic mass is 10.2.